The molecule has 0 aliphatic heterocycles. The number of hydrogen-bond acceptors (Lipinski definition) is 3. The fraction of sp³-hybridized carbons (Fsp3) is 0. The number of aromatic carboxylic acids is 1. The van der Waals surface area contributed by atoms with Crippen molar-refractivity contribution in [3.8, 4) is 11.3 Å². The van der Waals surface area contributed by atoms with Crippen LogP contribution in [0.5, 0.6) is 0 Å². The van der Waals surface area contributed by atoms with Crippen molar-refractivity contribution >= 4 is 5.97 Å². The topological polar surface area (TPSA) is 63.3 Å². The number of nitrogens with zero attached hydrogens (tertiary/aromatic N) is 1. The predicted octanol–water partition coefficient (Wildman–Crippen LogP) is 1.64. The van der Waals surface area contributed by atoms with E-state index in [1.54, 1.807) is 18.2 Å². The molecule has 0 aliphatic carbocycles. The van der Waals surface area contributed by atoms with E-state index in [4.69, 9.17) is 9.63 Å². The molecule has 0 saturated carbocycles. The van der Waals surface area contributed by atoms with Crippen LogP contribution in [0, 0.1) is 12.3 Å². The van der Waals surface area contributed by atoms with Crippen molar-refractivity contribution in [1.82, 2.24) is 5.16 Å². The first-order valence-electron chi connectivity index (χ1n) is 3.87. The molecule has 0 amide bonds. The van der Waals surface area contributed by atoms with Gasteiger partial charge in [0.1, 0.15) is 6.20 Å². The molecule has 0 aliphatic rings. The molecule has 0 unspecified atom stereocenters. The zero-order valence-corrected chi connectivity index (χ0v) is 7.02. The van der Waals surface area contributed by atoms with Gasteiger partial charge in [-0.25, -0.2) is 4.79 Å². The maximum Gasteiger partial charge on any atom is 0.336 e. The number of hydrogen-bond donors (Lipinski definition) is 1. The van der Waals surface area contributed by atoms with Gasteiger partial charge in [-0.3, -0.25) is 0 Å². The zero-order chi connectivity index (χ0) is 9.97. The summed E-state index contributed by atoms with van der Waals surface area (Å²) in [4.78, 5) is 10.8. The summed E-state index contributed by atoms with van der Waals surface area (Å²) in [6.45, 7) is 0. The second-order valence-electron chi connectivity index (χ2n) is 2.60. The van der Waals surface area contributed by atoms with E-state index in [-0.39, 0.29) is 11.3 Å². The third kappa shape index (κ3) is 1.37. The molecule has 2 radical (unpaired) electrons. The molecule has 4 heteroatoms. The maximum atomic E-state index is 10.8. The molecule has 1 aromatic heterocycles. The molecule has 0 atom stereocenters. The standard InChI is InChI=1S/C10H5NO3/c12-10(13)8-4-2-1-3-7(8)9-5-6-11-14-9/h1-4H,(H,12,13). The highest BCUT2D eigenvalue weighted by molar-refractivity contribution is 5.95. The smallest absolute Gasteiger partial charge is 0.336 e. The summed E-state index contributed by atoms with van der Waals surface area (Å²) < 4.78 is 4.79. The Morgan fingerprint density at radius 2 is 2.21 bits per heavy atom. The first-order chi connectivity index (χ1) is 6.79. The minimum Gasteiger partial charge on any atom is -0.478 e. The lowest BCUT2D eigenvalue weighted by Gasteiger charge is -1.99. The van der Waals surface area contributed by atoms with E-state index in [2.05, 4.69) is 17.4 Å². The van der Waals surface area contributed by atoms with E-state index < -0.39 is 5.97 Å². The summed E-state index contributed by atoms with van der Waals surface area (Å²) in [5, 5.41) is 12.2. The van der Waals surface area contributed by atoms with Crippen LogP contribution in [-0.4, -0.2) is 16.2 Å². The first-order valence-corrected chi connectivity index (χ1v) is 3.87. The van der Waals surface area contributed by atoms with E-state index in [0.717, 1.165) is 0 Å². The number of carbonyl (C=O) groups is 1. The van der Waals surface area contributed by atoms with E-state index in [9.17, 15) is 4.79 Å². The summed E-state index contributed by atoms with van der Waals surface area (Å²) in [5.74, 6) is -0.728. The van der Waals surface area contributed by atoms with Gasteiger partial charge in [-0.1, -0.05) is 23.4 Å². The van der Waals surface area contributed by atoms with Crippen LogP contribution >= 0.6 is 0 Å². The summed E-state index contributed by atoms with van der Waals surface area (Å²) in [7, 11) is 0. The number of carboxylic acids is 1. The molecule has 1 heterocycles. The monoisotopic (exact) mass is 187 g/mol. The fourth-order valence-corrected chi connectivity index (χ4v) is 1.15. The molecule has 4 nitrogen and oxygen atoms in total. The van der Waals surface area contributed by atoms with Crippen LogP contribution in [0.25, 0.3) is 11.3 Å². The van der Waals surface area contributed by atoms with Crippen molar-refractivity contribution in [2.75, 3.05) is 0 Å². The van der Waals surface area contributed by atoms with Gasteiger partial charge in [-0.2, -0.15) is 0 Å². The van der Waals surface area contributed by atoms with E-state index in [1.807, 2.05) is 0 Å². The summed E-state index contributed by atoms with van der Waals surface area (Å²) >= 11 is 0. The normalized spacial score (nSPS) is 10.0. The zero-order valence-electron chi connectivity index (χ0n) is 7.02. The maximum absolute atomic E-state index is 10.8. The van der Waals surface area contributed by atoms with Crippen molar-refractivity contribution in [2.45, 2.75) is 0 Å². The lowest BCUT2D eigenvalue weighted by atomic mass is 10.1. The molecular formula is C10H5NO3. The van der Waals surface area contributed by atoms with Crippen LogP contribution in [0.1, 0.15) is 10.4 Å². The number of rotatable bonds is 2. The lowest BCUT2D eigenvalue weighted by Crippen LogP contribution is -1.98. The van der Waals surface area contributed by atoms with Gasteiger partial charge in [0.25, 0.3) is 0 Å². The van der Waals surface area contributed by atoms with Gasteiger partial charge in [0, 0.05) is 5.56 Å². The van der Waals surface area contributed by atoms with Crippen molar-refractivity contribution in [3.63, 3.8) is 0 Å². The average Bonchev–Trinajstić information content (AvgIpc) is 2.70. The van der Waals surface area contributed by atoms with Crippen LogP contribution in [0.15, 0.2) is 28.8 Å². The highest BCUT2D eigenvalue weighted by Gasteiger charge is 2.13. The summed E-state index contributed by atoms with van der Waals surface area (Å²) in [6.07, 6.45) is 2.36. The van der Waals surface area contributed by atoms with Gasteiger partial charge in [-0.05, 0) is 6.07 Å². The van der Waals surface area contributed by atoms with Crippen LogP contribution < -0.4 is 0 Å². The SMILES string of the molecule is O=C(O)c1ccccc1-c1[c][c]no1. The Labute approximate surface area is 79.8 Å². The number of aromatic nitrogens is 1. The third-order valence-corrected chi connectivity index (χ3v) is 1.75. The summed E-state index contributed by atoms with van der Waals surface area (Å²) in [5.41, 5.74) is 0.614. The lowest BCUT2D eigenvalue weighted by molar-refractivity contribution is 0.0697. The third-order valence-electron chi connectivity index (χ3n) is 1.75. The largest absolute Gasteiger partial charge is 0.478 e. The molecule has 2 aromatic rings. The minimum atomic E-state index is -1.01. The molecule has 68 valence electrons. The molecule has 0 spiro atoms. The van der Waals surface area contributed by atoms with Crippen LogP contribution in [-0.2, 0) is 0 Å². The number of benzene rings is 1. The Bertz CT molecular complexity index is 448. The van der Waals surface area contributed by atoms with E-state index >= 15 is 0 Å². The van der Waals surface area contributed by atoms with Gasteiger partial charge in [0.2, 0.25) is 0 Å². The van der Waals surface area contributed by atoms with Gasteiger partial charge in [0.05, 0.1) is 11.6 Å². The van der Waals surface area contributed by atoms with Crippen LogP contribution in [0.4, 0.5) is 0 Å². The second-order valence-corrected chi connectivity index (χ2v) is 2.60. The minimum absolute atomic E-state index is 0.161. The molecule has 1 N–H and O–H groups in total. The van der Waals surface area contributed by atoms with Gasteiger partial charge in [-0.15, -0.1) is 0 Å². The van der Waals surface area contributed by atoms with Crippen LogP contribution in [0.2, 0.25) is 0 Å². The highest BCUT2D eigenvalue weighted by atomic mass is 16.5. The molecular weight excluding hydrogens is 182 g/mol. The Morgan fingerprint density at radius 3 is 2.86 bits per heavy atom. The Kier molecular flexibility index (Phi) is 2.02. The Balaban J connectivity index is 2.58. The fourth-order valence-electron chi connectivity index (χ4n) is 1.15. The molecule has 0 saturated heterocycles. The van der Waals surface area contributed by atoms with Crippen molar-refractivity contribution in [1.29, 1.82) is 0 Å². The molecule has 0 fully saturated rings. The Morgan fingerprint density at radius 1 is 1.43 bits per heavy atom. The second kappa shape index (κ2) is 3.33. The molecule has 1 aromatic carbocycles. The van der Waals surface area contributed by atoms with Crippen LogP contribution in [0.3, 0.4) is 0 Å². The van der Waals surface area contributed by atoms with E-state index in [1.165, 1.54) is 6.07 Å². The number of carboxylic acid groups (broad SMARTS) is 1. The van der Waals surface area contributed by atoms with Gasteiger partial charge < -0.3 is 9.63 Å². The Hall–Kier alpha value is -2.10. The van der Waals surface area contributed by atoms with Crippen molar-refractivity contribution in [3.05, 3.63) is 42.1 Å². The van der Waals surface area contributed by atoms with E-state index in [0.29, 0.717) is 5.56 Å². The quantitative estimate of drug-likeness (QED) is 0.776. The van der Waals surface area contributed by atoms with Gasteiger partial charge >= 0.3 is 5.97 Å². The molecule has 14 heavy (non-hydrogen) atoms. The average molecular weight is 187 g/mol. The summed E-state index contributed by atoms with van der Waals surface area (Å²) in [6, 6.07) is 9.08. The van der Waals surface area contributed by atoms with Gasteiger partial charge in [0.15, 0.2) is 5.76 Å². The predicted molar refractivity (Wildman–Crippen MR) is 46.6 cm³/mol. The molecule has 2 rings (SSSR count). The first kappa shape index (κ1) is 8.50. The molecule has 0 bridgehead atoms. The van der Waals surface area contributed by atoms with Crippen molar-refractivity contribution in [2.24, 2.45) is 0 Å². The highest BCUT2D eigenvalue weighted by Crippen LogP contribution is 2.22. The van der Waals surface area contributed by atoms with Crippen molar-refractivity contribution < 1.29 is 14.4 Å².